The fraction of sp³-hybridized carbons (Fsp3) is 0.429. The van der Waals surface area contributed by atoms with Gasteiger partial charge in [0.25, 0.3) is 5.91 Å². The largest absolute Gasteiger partial charge is 0.507 e. The standard InChI is InChI=1S/C14H16INO4/c1-14(13(19)20)6-2-3-11(14)16-12(18)9-7-8(15)4-5-10(9)17/h4-5,7,11,17H,2-3,6H2,1H3,(H,16,18)(H,19,20). The summed E-state index contributed by atoms with van der Waals surface area (Å²) in [7, 11) is 0. The third-order valence-corrected chi connectivity index (χ3v) is 4.63. The number of aliphatic carboxylic acids is 1. The Morgan fingerprint density at radius 1 is 1.45 bits per heavy atom. The first-order chi connectivity index (χ1) is 9.34. The predicted molar refractivity (Wildman–Crippen MR) is 81.7 cm³/mol. The van der Waals surface area contributed by atoms with Crippen molar-refractivity contribution in [3.05, 3.63) is 27.3 Å². The molecule has 0 spiro atoms. The normalized spacial score (nSPS) is 25.4. The van der Waals surface area contributed by atoms with Crippen LogP contribution in [0.15, 0.2) is 18.2 Å². The molecule has 1 aliphatic rings. The molecule has 0 heterocycles. The Kier molecular flexibility index (Phi) is 4.22. The Hall–Kier alpha value is -1.31. The molecule has 0 aromatic heterocycles. The zero-order chi connectivity index (χ0) is 14.9. The number of amides is 1. The van der Waals surface area contributed by atoms with E-state index >= 15 is 0 Å². The zero-order valence-electron chi connectivity index (χ0n) is 11.0. The zero-order valence-corrected chi connectivity index (χ0v) is 13.2. The molecule has 0 saturated heterocycles. The number of rotatable bonds is 3. The summed E-state index contributed by atoms with van der Waals surface area (Å²) in [6.45, 7) is 1.65. The number of hydrogen-bond donors (Lipinski definition) is 3. The van der Waals surface area contributed by atoms with E-state index in [-0.39, 0.29) is 11.3 Å². The van der Waals surface area contributed by atoms with Crippen molar-refractivity contribution in [3.63, 3.8) is 0 Å². The van der Waals surface area contributed by atoms with Crippen molar-refractivity contribution in [3.8, 4) is 5.75 Å². The number of aromatic hydroxyl groups is 1. The molecule has 1 fully saturated rings. The number of hydrogen-bond acceptors (Lipinski definition) is 3. The fourth-order valence-corrected chi connectivity index (χ4v) is 3.07. The van der Waals surface area contributed by atoms with Crippen LogP contribution in [0.1, 0.15) is 36.5 Å². The lowest BCUT2D eigenvalue weighted by Gasteiger charge is -2.27. The molecule has 0 radical (unpaired) electrons. The lowest BCUT2D eigenvalue weighted by Crippen LogP contribution is -2.47. The van der Waals surface area contributed by atoms with Gasteiger partial charge in [0, 0.05) is 9.61 Å². The highest BCUT2D eigenvalue weighted by Gasteiger charge is 2.46. The van der Waals surface area contributed by atoms with Gasteiger partial charge in [0.1, 0.15) is 5.75 Å². The number of phenolic OH excluding ortho intramolecular Hbond substituents is 1. The maximum Gasteiger partial charge on any atom is 0.311 e. The number of nitrogens with one attached hydrogen (secondary N) is 1. The SMILES string of the molecule is CC1(C(=O)O)CCCC1NC(=O)c1cc(I)ccc1O. The summed E-state index contributed by atoms with van der Waals surface area (Å²) >= 11 is 2.05. The van der Waals surface area contributed by atoms with Gasteiger partial charge in [0.05, 0.1) is 11.0 Å². The van der Waals surface area contributed by atoms with Crippen molar-refractivity contribution in [1.29, 1.82) is 0 Å². The summed E-state index contributed by atoms with van der Waals surface area (Å²) in [6.07, 6.45) is 1.96. The molecule has 2 unspecified atom stereocenters. The summed E-state index contributed by atoms with van der Waals surface area (Å²) in [5.41, 5.74) is -0.760. The minimum Gasteiger partial charge on any atom is -0.507 e. The molecule has 0 aliphatic heterocycles. The molecule has 1 amide bonds. The molecule has 20 heavy (non-hydrogen) atoms. The van der Waals surface area contributed by atoms with Crippen molar-refractivity contribution in [2.24, 2.45) is 5.41 Å². The third kappa shape index (κ3) is 2.74. The average molecular weight is 389 g/mol. The van der Waals surface area contributed by atoms with E-state index < -0.39 is 23.3 Å². The first kappa shape index (κ1) is 15.1. The van der Waals surface area contributed by atoms with Gasteiger partial charge in [-0.25, -0.2) is 0 Å². The summed E-state index contributed by atoms with van der Waals surface area (Å²) < 4.78 is 0.831. The maximum atomic E-state index is 12.2. The Morgan fingerprint density at radius 2 is 2.15 bits per heavy atom. The minimum atomic E-state index is -0.937. The highest BCUT2D eigenvalue weighted by Crippen LogP contribution is 2.38. The van der Waals surface area contributed by atoms with E-state index in [1.54, 1.807) is 19.1 Å². The van der Waals surface area contributed by atoms with Gasteiger partial charge in [-0.05, 0) is 60.6 Å². The summed E-state index contributed by atoms with van der Waals surface area (Å²) in [4.78, 5) is 23.6. The van der Waals surface area contributed by atoms with Gasteiger partial charge >= 0.3 is 5.97 Å². The first-order valence-corrected chi connectivity index (χ1v) is 7.45. The smallest absolute Gasteiger partial charge is 0.311 e. The van der Waals surface area contributed by atoms with Gasteiger partial charge in [-0.3, -0.25) is 9.59 Å². The third-order valence-electron chi connectivity index (χ3n) is 3.96. The second kappa shape index (κ2) is 5.59. The molecule has 2 atom stereocenters. The molecule has 108 valence electrons. The molecular weight excluding hydrogens is 373 g/mol. The highest BCUT2D eigenvalue weighted by atomic mass is 127. The van der Waals surface area contributed by atoms with Crippen LogP contribution in [-0.4, -0.2) is 28.1 Å². The Morgan fingerprint density at radius 3 is 2.80 bits per heavy atom. The van der Waals surface area contributed by atoms with Gasteiger partial charge in [-0.1, -0.05) is 6.42 Å². The first-order valence-electron chi connectivity index (χ1n) is 6.37. The maximum absolute atomic E-state index is 12.2. The minimum absolute atomic E-state index is 0.0991. The van der Waals surface area contributed by atoms with E-state index in [0.29, 0.717) is 12.8 Å². The summed E-state index contributed by atoms with van der Waals surface area (Å²) in [5, 5.41) is 21.8. The predicted octanol–water partition coefficient (Wildman–Crippen LogP) is 2.37. The van der Waals surface area contributed by atoms with Gasteiger partial charge in [0.15, 0.2) is 0 Å². The van der Waals surface area contributed by atoms with E-state index in [9.17, 15) is 19.8 Å². The van der Waals surface area contributed by atoms with Crippen molar-refractivity contribution in [1.82, 2.24) is 5.32 Å². The summed E-state index contributed by atoms with van der Waals surface area (Å²) in [5.74, 6) is -1.43. The van der Waals surface area contributed by atoms with Crippen LogP contribution in [0, 0.1) is 8.99 Å². The van der Waals surface area contributed by atoms with Crippen molar-refractivity contribution in [2.45, 2.75) is 32.2 Å². The van der Waals surface area contributed by atoms with E-state index in [4.69, 9.17) is 0 Å². The molecule has 1 saturated carbocycles. The molecule has 3 N–H and O–H groups in total. The second-order valence-electron chi connectivity index (χ2n) is 5.30. The van der Waals surface area contributed by atoms with Crippen LogP contribution in [0.4, 0.5) is 0 Å². The number of carboxylic acid groups (broad SMARTS) is 1. The number of phenols is 1. The van der Waals surface area contributed by atoms with Crippen LogP contribution in [-0.2, 0) is 4.79 Å². The second-order valence-corrected chi connectivity index (χ2v) is 6.55. The van der Waals surface area contributed by atoms with Crippen molar-refractivity contribution in [2.75, 3.05) is 0 Å². The van der Waals surface area contributed by atoms with Crippen molar-refractivity contribution >= 4 is 34.5 Å². The fourth-order valence-electron chi connectivity index (χ4n) is 2.58. The van der Waals surface area contributed by atoms with Crippen LogP contribution in [0.25, 0.3) is 0 Å². The lowest BCUT2D eigenvalue weighted by atomic mass is 9.85. The topological polar surface area (TPSA) is 86.6 Å². The van der Waals surface area contributed by atoms with Crippen LogP contribution >= 0.6 is 22.6 Å². The van der Waals surface area contributed by atoms with E-state index in [1.165, 1.54) is 6.07 Å². The molecule has 1 aliphatic carbocycles. The molecule has 1 aromatic carbocycles. The van der Waals surface area contributed by atoms with E-state index in [0.717, 1.165) is 9.99 Å². The van der Waals surface area contributed by atoms with E-state index in [1.807, 2.05) is 0 Å². The molecule has 5 nitrogen and oxygen atoms in total. The molecule has 0 bridgehead atoms. The Labute approximate surface area is 130 Å². The van der Waals surface area contributed by atoms with Gasteiger partial charge in [0.2, 0.25) is 0 Å². The lowest BCUT2D eigenvalue weighted by molar-refractivity contribution is -0.148. The van der Waals surface area contributed by atoms with Gasteiger partial charge in [-0.15, -0.1) is 0 Å². The summed E-state index contributed by atoms with van der Waals surface area (Å²) in [6, 6.07) is 4.33. The van der Waals surface area contributed by atoms with Crippen LogP contribution < -0.4 is 5.32 Å². The van der Waals surface area contributed by atoms with Gasteiger partial charge in [-0.2, -0.15) is 0 Å². The molecule has 2 rings (SSSR count). The highest BCUT2D eigenvalue weighted by molar-refractivity contribution is 14.1. The molecule has 1 aromatic rings. The monoisotopic (exact) mass is 389 g/mol. The van der Waals surface area contributed by atoms with Gasteiger partial charge < -0.3 is 15.5 Å². The van der Waals surface area contributed by atoms with E-state index in [2.05, 4.69) is 27.9 Å². The molecule has 6 heteroatoms. The molecular formula is C14H16INO4. The van der Waals surface area contributed by atoms with Crippen LogP contribution in [0.3, 0.4) is 0 Å². The van der Waals surface area contributed by atoms with Crippen LogP contribution in [0.5, 0.6) is 5.75 Å². The number of benzene rings is 1. The van der Waals surface area contributed by atoms with Crippen molar-refractivity contribution < 1.29 is 19.8 Å². The number of carboxylic acids is 1. The number of carbonyl (C=O) groups is 2. The number of carbonyl (C=O) groups excluding carboxylic acids is 1. The Bertz CT molecular complexity index is 560. The number of halogens is 1. The van der Waals surface area contributed by atoms with Crippen LogP contribution in [0.2, 0.25) is 0 Å². The quantitative estimate of drug-likeness (QED) is 0.693. The Balaban J connectivity index is 2.19. The average Bonchev–Trinajstić information content (AvgIpc) is 2.75.